The molecule has 0 bridgehead atoms. The number of aromatic nitrogens is 4. The van der Waals surface area contributed by atoms with Crippen LogP contribution >= 0.6 is 0 Å². The van der Waals surface area contributed by atoms with Gasteiger partial charge in [-0.1, -0.05) is 20.3 Å². The molecule has 21 heavy (non-hydrogen) atoms. The van der Waals surface area contributed by atoms with Crippen LogP contribution in [0.25, 0.3) is 11.4 Å². The zero-order valence-corrected chi connectivity index (χ0v) is 12.6. The molecule has 0 radical (unpaired) electrons. The third-order valence-corrected chi connectivity index (χ3v) is 4.51. The van der Waals surface area contributed by atoms with Gasteiger partial charge in [0.2, 0.25) is 0 Å². The predicted molar refractivity (Wildman–Crippen MR) is 79.0 cm³/mol. The standard InChI is InChI=1S/C15H20FN5/c1-9-7-10(17)8-11(13(9)16)14-18-19-20-21(14)12-5-4-6-15(12,2)3/h7-8,12H,4-6,17H2,1-3H3. The lowest BCUT2D eigenvalue weighted by Gasteiger charge is -2.27. The molecule has 0 amide bonds. The SMILES string of the molecule is Cc1cc(N)cc(-c2nnnn2C2CCCC2(C)C)c1F. The van der Waals surface area contributed by atoms with Crippen molar-refractivity contribution in [1.82, 2.24) is 20.2 Å². The Morgan fingerprint density at radius 2 is 2.14 bits per heavy atom. The summed E-state index contributed by atoms with van der Waals surface area (Å²) in [5.41, 5.74) is 7.35. The molecule has 0 saturated heterocycles. The minimum Gasteiger partial charge on any atom is -0.399 e. The second kappa shape index (κ2) is 4.79. The third-order valence-electron chi connectivity index (χ3n) is 4.51. The van der Waals surface area contributed by atoms with E-state index in [2.05, 4.69) is 29.4 Å². The van der Waals surface area contributed by atoms with Crippen molar-refractivity contribution in [2.45, 2.75) is 46.1 Å². The molecule has 1 aromatic heterocycles. The molecule has 0 spiro atoms. The highest BCUT2D eigenvalue weighted by molar-refractivity contribution is 5.63. The fraction of sp³-hybridized carbons (Fsp3) is 0.533. The number of benzene rings is 1. The monoisotopic (exact) mass is 289 g/mol. The fourth-order valence-electron chi connectivity index (χ4n) is 3.30. The smallest absolute Gasteiger partial charge is 0.185 e. The number of hydrogen-bond donors (Lipinski definition) is 1. The number of halogens is 1. The summed E-state index contributed by atoms with van der Waals surface area (Å²) in [5, 5.41) is 11.9. The van der Waals surface area contributed by atoms with E-state index in [1.807, 2.05) is 0 Å². The van der Waals surface area contributed by atoms with Crippen LogP contribution in [0.1, 0.15) is 44.7 Å². The molecule has 3 rings (SSSR count). The first-order valence-corrected chi connectivity index (χ1v) is 7.24. The van der Waals surface area contributed by atoms with E-state index in [0.29, 0.717) is 22.6 Å². The number of nitrogens with two attached hydrogens (primary N) is 1. The lowest BCUT2D eigenvalue weighted by atomic mass is 9.87. The summed E-state index contributed by atoms with van der Waals surface area (Å²) >= 11 is 0. The Hall–Kier alpha value is -1.98. The minimum absolute atomic E-state index is 0.107. The van der Waals surface area contributed by atoms with Crippen LogP contribution in [0.3, 0.4) is 0 Å². The Labute approximate surface area is 123 Å². The van der Waals surface area contributed by atoms with Crippen molar-refractivity contribution in [3.8, 4) is 11.4 Å². The highest BCUT2D eigenvalue weighted by atomic mass is 19.1. The molecular formula is C15H20FN5. The van der Waals surface area contributed by atoms with Crippen molar-refractivity contribution in [3.63, 3.8) is 0 Å². The van der Waals surface area contributed by atoms with Gasteiger partial charge >= 0.3 is 0 Å². The Balaban J connectivity index is 2.12. The largest absolute Gasteiger partial charge is 0.399 e. The number of aryl methyl sites for hydroxylation is 1. The first-order chi connectivity index (χ1) is 9.90. The molecule has 112 valence electrons. The predicted octanol–water partition coefficient (Wildman–Crippen LogP) is 3.12. The number of tetrazole rings is 1. The molecule has 5 nitrogen and oxygen atoms in total. The molecule has 6 heteroatoms. The summed E-state index contributed by atoms with van der Waals surface area (Å²) < 4.78 is 16.2. The van der Waals surface area contributed by atoms with E-state index in [0.717, 1.165) is 19.3 Å². The van der Waals surface area contributed by atoms with Crippen molar-refractivity contribution in [2.24, 2.45) is 5.41 Å². The molecule has 1 heterocycles. The zero-order chi connectivity index (χ0) is 15.2. The minimum atomic E-state index is -0.309. The van der Waals surface area contributed by atoms with Crippen LogP contribution in [0.2, 0.25) is 0 Å². The second-order valence-electron chi connectivity index (χ2n) is 6.54. The van der Waals surface area contributed by atoms with Crippen molar-refractivity contribution < 1.29 is 4.39 Å². The quantitative estimate of drug-likeness (QED) is 0.862. The van der Waals surface area contributed by atoms with E-state index >= 15 is 0 Å². The number of nitrogens with zero attached hydrogens (tertiary/aromatic N) is 4. The maximum atomic E-state index is 14.4. The highest BCUT2D eigenvalue weighted by Crippen LogP contribution is 2.46. The van der Waals surface area contributed by atoms with Gasteiger partial charge in [0.1, 0.15) is 5.82 Å². The normalized spacial score (nSPS) is 20.9. The summed E-state index contributed by atoms with van der Waals surface area (Å²) in [6.07, 6.45) is 3.26. The Kier molecular flexibility index (Phi) is 3.19. The zero-order valence-electron chi connectivity index (χ0n) is 12.6. The Morgan fingerprint density at radius 3 is 2.81 bits per heavy atom. The van der Waals surface area contributed by atoms with Gasteiger partial charge in [0.15, 0.2) is 5.82 Å². The molecule has 2 N–H and O–H groups in total. The van der Waals surface area contributed by atoms with E-state index in [1.54, 1.807) is 23.7 Å². The summed E-state index contributed by atoms with van der Waals surface area (Å²) in [6, 6.07) is 3.41. The van der Waals surface area contributed by atoms with Gasteiger partial charge in [0.25, 0.3) is 0 Å². The van der Waals surface area contributed by atoms with Crippen LogP contribution in [0.5, 0.6) is 0 Å². The molecular weight excluding hydrogens is 269 g/mol. The molecule has 1 fully saturated rings. The maximum absolute atomic E-state index is 14.4. The van der Waals surface area contributed by atoms with Crippen LogP contribution in [-0.4, -0.2) is 20.2 Å². The molecule has 1 saturated carbocycles. The maximum Gasteiger partial charge on any atom is 0.185 e. The fourth-order valence-corrected chi connectivity index (χ4v) is 3.30. The number of hydrogen-bond acceptors (Lipinski definition) is 4. The number of nitrogen functional groups attached to an aromatic ring is 1. The van der Waals surface area contributed by atoms with E-state index in [9.17, 15) is 4.39 Å². The van der Waals surface area contributed by atoms with Gasteiger partial charge < -0.3 is 5.73 Å². The summed E-state index contributed by atoms with van der Waals surface area (Å²) in [4.78, 5) is 0. The van der Waals surface area contributed by atoms with Gasteiger partial charge in [-0.2, -0.15) is 0 Å². The Morgan fingerprint density at radius 1 is 1.38 bits per heavy atom. The van der Waals surface area contributed by atoms with Crippen LogP contribution < -0.4 is 5.73 Å². The van der Waals surface area contributed by atoms with Gasteiger partial charge in [-0.25, -0.2) is 9.07 Å². The number of rotatable bonds is 2. The van der Waals surface area contributed by atoms with Crippen LogP contribution in [-0.2, 0) is 0 Å². The average molecular weight is 289 g/mol. The van der Waals surface area contributed by atoms with Crippen molar-refractivity contribution >= 4 is 5.69 Å². The lowest BCUT2D eigenvalue weighted by molar-refractivity contribution is 0.242. The van der Waals surface area contributed by atoms with E-state index in [-0.39, 0.29) is 17.3 Å². The summed E-state index contributed by atoms with van der Waals surface area (Å²) in [6.45, 7) is 6.11. The molecule has 1 atom stereocenters. The number of anilines is 1. The van der Waals surface area contributed by atoms with Gasteiger partial charge in [0.05, 0.1) is 11.6 Å². The molecule has 1 unspecified atom stereocenters. The first-order valence-electron chi connectivity index (χ1n) is 7.24. The molecule has 2 aromatic rings. The van der Waals surface area contributed by atoms with Crippen LogP contribution in [0.4, 0.5) is 10.1 Å². The topological polar surface area (TPSA) is 69.6 Å². The average Bonchev–Trinajstić information content (AvgIpc) is 2.99. The van der Waals surface area contributed by atoms with Crippen LogP contribution in [0.15, 0.2) is 12.1 Å². The van der Waals surface area contributed by atoms with Crippen molar-refractivity contribution in [1.29, 1.82) is 0 Å². The van der Waals surface area contributed by atoms with Gasteiger partial charge in [0, 0.05) is 5.69 Å². The van der Waals surface area contributed by atoms with Gasteiger partial charge in [-0.15, -0.1) is 5.10 Å². The van der Waals surface area contributed by atoms with Crippen molar-refractivity contribution in [3.05, 3.63) is 23.5 Å². The summed E-state index contributed by atoms with van der Waals surface area (Å²) in [5.74, 6) is 0.152. The second-order valence-corrected chi connectivity index (χ2v) is 6.54. The highest BCUT2D eigenvalue weighted by Gasteiger charge is 2.38. The molecule has 1 aromatic carbocycles. The lowest BCUT2D eigenvalue weighted by Crippen LogP contribution is -2.23. The Bertz CT molecular complexity index is 677. The first kappa shape index (κ1) is 14.0. The van der Waals surface area contributed by atoms with Gasteiger partial charge in [-0.05, 0) is 53.3 Å². The van der Waals surface area contributed by atoms with Crippen LogP contribution in [0, 0.1) is 18.2 Å². The van der Waals surface area contributed by atoms with Gasteiger partial charge in [-0.3, -0.25) is 0 Å². The van der Waals surface area contributed by atoms with Crippen molar-refractivity contribution in [2.75, 3.05) is 5.73 Å². The van der Waals surface area contributed by atoms with E-state index in [1.165, 1.54) is 0 Å². The molecule has 1 aliphatic rings. The van der Waals surface area contributed by atoms with E-state index < -0.39 is 0 Å². The van der Waals surface area contributed by atoms with E-state index in [4.69, 9.17) is 5.73 Å². The third kappa shape index (κ3) is 2.28. The molecule has 0 aliphatic heterocycles. The molecule has 1 aliphatic carbocycles. The summed E-state index contributed by atoms with van der Waals surface area (Å²) in [7, 11) is 0.